The maximum Gasteiger partial charge on any atom is 0.255 e. The fraction of sp³-hybridized carbons (Fsp3) is 0.462. The fourth-order valence-corrected chi connectivity index (χ4v) is 3.04. The van der Waals surface area contributed by atoms with Gasteiger partial charge in [0, 0.05) is 34.2 Å². The second kappa shape index (κ2) is 6.34. The molecule has 1 aliphatic heterocycles. The summed E-state index contributed by atoms with van der Waals surface area (Å²) < 4.78 is 1.99. The Morgan fingerprint density at radius 2 is 2.00 bits per heavy atom. The van der Waals surface area contributed by atoms with Gasteiger partial charge in [-0.3, -0.25) is 4.79 Å². The molecular weight excluding hydrogens is 407 g/mol. The van der Waals surface area contributed by atoms with Gasteiger partial charge in [0.05, 0.1) is 5.56 Å². The maximum atomic E-state index is 12.4. The highest BCUT2D eigenvalue weighted by Crippen LogP contribution is 2.24. The van der Waals surface area contributed by atoms with Crippen molar-refractivity contribution in [2.75, 3.05) is 32.7 Å². The first-order valence-electron chi connectivity index (χ1n) is 6.09. The highest BCUT2D eigenvalue weighted by molar-refractivity contribution is 14.1. The molecule has 0 bridgehead atoms. The van der Waals surface area contributed by atoms with E-state index in [2.05, 4.69) is 50.3 Å². The minimum absolute atomic E-state index is 0.135. The summed E-state index contributed by atoms with van der Waals surface area (Å²) in [7, 11) is 0. The topological polar surface area (TPSA) is 23.6 Å². The van der Waals surface area contributed by atoms with E-state index >= 15 is 0 Å². The molecule has 0 N–H and O–H groups in total. The van der Waals surface area contributed by atoms with Crippen LogP contribution in [0.4, 0.5) is 0 Å². The first-order valence-corrected chi connectivity index (χ1v) is 7.96. The summed E-state index contributed by atoms with van der Waals surface area (Å²) in [6.07, 6.45) is 0. The molecule has 3 nitrogen and oxygen atoms in total. The lowest BCUT2D eigenvalue weighted by atomic mass is 10.2. The number of benzene rings is 1. The molecule has 0 unspecified atom stereocenters. The van der Waals surface area contributed by atoms with Gasteiger partial charge in [-0.1, -0.05) is 13.0 Å². The second-order valence-electron chi connectivity index (χ2n) is 4.33. The van der Waals surface area contributed by atoms with Gasteiger partial charge in [0.15, 0.2) is 0 Å². The van der Waals surface area contributed by atoms with Crippen molar-refractivity contribution < 1.29 is 4.79 Å². The number of carbonyl (C=O) groups excluding carboxylic acids is 1. The molecule has 0 spiro atoms. The van der Waals surface area contributed by atoms with Crippen molar-refractivity contribution in [1.29, 1.82) is 0 Å². The Morgan fingerprint density at radius 1 is 1.33 bits per heavy atom. The van der Waals surface area contributed by atoms with Crippen LogP contribution in [0.2, 0.25) is 0 Å². The summed E-state index contributed by atoms with van der Waals surface area (Å²) in [5.41, 5.74) is 0.770. The predicted molar refractivity (Wildman–Crippen MR) is 84.9 cm³/mol. The number of nitrogens with zero attached hydrogens (tertiary/aromatic N) is 2. The van der Waals surface area contributed by atoms with Crippen LogP contribution < -0.4 is 0 Å². The van der Waals surface area contributed by atoms with Gasteiger partial charge in [0.2, 0.25) is 0 Å². The van der Waals surface area contributed by atoms with Gasteiger partial charge in [-0.2, -0.15) is 0 Å². The van der Waals surface area contributed by atoms with Crippen LogP contribution in [0.15, 0.2) is 22.7 Å². The van der Waals surface area contributed by atoms with E-state index in [0.717, 1.165) is 46.3 Å². The molecule has 0 saturated carbocycles. The van der Waals surface area contributed by atoms with Crippen LogP contribution >= 0.6 is 38.5 Å². The number of piperazine rings is 1. The predicted octanol–water partition coefficient (Wildman–Crippen LogP) is 2.83. The van der Waals surface area contributed by atoms with Gasteiger partial charge in [0.1, 0.15) is 0 Å². The standard InChI is InChI=1S/C13H16BrIN2O/c1-2-16-6-8-17(9-7-16)13(18)10-4-3-5-11(15)12(10)14/h3-5H,2,6-9H2,1H3. The van der Waals surface area contributed by atoms with E-state index in [0.29, 0.717) is 0 Å². The average Bonchev–Trinajstić information content (AvgIpc) is 2.41. The van der Waals surface area contributed by atoms with E-state index in [-0.39, 0.29) is 5.91 Å². The van der Waals surface area contributed by atoms with Crippen molar-refractivity contribution in [3.63, 3.8) is 0 Å². The minimum Gasteiger partial charge on any atom is -0.336 e. The summed E-state index contributed by atoms with van der Waals surface area (Å²) in [5.74, 6) is 0.135. The van der Waals surface area contributed by atoms with Gasteiger partial charge in [-0.05, 0) is 57.2 Å². The lowest BCUT2D eigenvalue weighted by molar-refractivity contribution is 0.0642. The van der Waals surface area contributed by atoms with E-state index in [4.69, 9.17) is 0 Å². The number of rotatable bonds is 2. The number of carbonyl (C=O) groups is 1. The molecular formula is C13H16BrIN2O. The lowest BCUT2D eigenvalue weighted by Crippen LogP contribution is -2.48. The molecule has 18 heavy (non-hydrogen) atoms. The first kappa shape index (κ1) is 14.3. The Kier molecular flexibility index (Phi) is 5.03. The summed E-state index contributed by atoms with van der Waals surface area (Å²) in [4.78, 5) is 16.8. The maximum absolute atomic E-state index is 12.4. The summed E-state index contributed by atoms with van der Waals surface area (Å²) in [6.45, 7) is 6.82. The molecule has 98 valence electrons. The summed E-state index contributed by atoms with van der Waals surface area (Å²) >= 11 is 5.75. The smallest absolute Gasteiger partial charge is 0.255 e. The van der Waals surface area contributed by atoms with E-state index in [1.54, 1.807) is 0 Å². The molecule has 0 aliphatic carbocycles. The minimum atomic E-state index is 0.135. The molecule has 1 saturated heterocycles. The van der Waals surface area contributed by atoms with Crippen molar-refractivity contribution in [1.82, 2.24) is 9.80 Å². The SMILES string of the molecule is CCN1CCN(C(=O)c2cccc(I)c2Br)CC1. The molecule has 0 radical (unpaired) electrons. The molecule has 1 fully saturated rings. The second-order valence-corrected chi connectivity index (χ2v) is 6.28. The molecule has 1 aliphatic rings. The van der Waals surface area contributed by atoms with Gasteiger partial charge < -0.3 is 9.80 Å². The number of hydrogen-bond donors (Lipinski definition) is 0. The average molecular weight is 423 g/mol. The van der Waals surface area contributed by atoms with Crippen LogP contribution in [0.25, 0.3) is 0 Å². The lowest BCUT2D eigenvalue weighted by Gasteiger charge is -2.34. The van der Waals surface area contributed by atoms with E-state index in [9.17, 15) is 4.79 Å². The summed E-state index contributed by atoms with van der Waals surface area (Å²) in [6, 6.07) is 5.82. The van der Waals surface area contributed by atoms with Gasteiger partial charge in [0.25, 0.3) is 5.91 Å². The van der Waals surface area contributed by atoms with Crippen LogP contribution in [-0.2, 0) is 0 Å². The summed E-state index contributed by atoms with van der Waals surface area (Å²) in [5, 5.41) is 0. The van der Waals surface area contributed by atoms with Crippen molar-refractivity contribution in [3.8, 4) is 0 Å². The third kappa shape index (κ3) is 3.05. The molecule has 1 heterocycles. The van der Waals surface area contributed by atoms with Crippen LogP contribution in [-0.4, -0.2) is 48.4 Å². The zero-order valence-electron chi connectivity index (χ0n) is 10.3. The van der Waals surface area contributed by atoms with Crippen LogP contribution in [0.5, 0.6) is 0 Å². The molecule has 1 amide bonds. The van der Waals surface area contributed by atoms with Crippen molar-refractivity contribution in [2.24, 2.45) is 0 Å². The number of hydrogen-bond acceptors (Lipinski definition) is 2. The monoisotopic (exact) mass is 422 g/mol. The van der Waals surface area contributed by atoms with Crippen LogP contribution in [0.1, 0.15) is 17.3 Å². The van der Waals surface area contributed by atoms with Crippen molar-refractivity contribution >= 4 is 44.4 Å². The van der Waals surface area contributed by atoms with Gasteiger partial charge >= 0.3 is 0 Å². The zero-order valence-corrected chi connectivity index (χ0v) is 14.1. The number of halogens is 2. The third-order valence-corrected chi connectivity index (χ3v) is 5.78. The third-order valence-electron chi connectivity index (χ3n) is 3.29. The van der Waals surface area contributed by atoms with Gasteiger partial charge in [-0.25, -0.2) is 0 Å². The van der Waals surface area contributed by atoms with E-state index < -0.39 is 0 Å². The van der Waals surface area contributed by atoms with Crippen molar-refractivity contribution in [3.05, 3.63) is 31.8 Å². The Hall–Kier alpha value is -0.140. The van der Waals surface area contributed by atoms with E-state index in [1.165, 1.54) is 0 Å². The first-order chi connectivity index (χ1) is 8.63. The number of likely N-dealkylation sites (N-methyl/N-ethyl adjacent to an activating group) is 1. The Bertz CT molecular complexity index is 445. The molecule has 0 atom stereocenters. The number of amides is 1. The molecule has 1 aromatic carbocycles. The Labute approximate surface area is 130 Å². The van der Waals surface area contributed by atoms with Crippen LogP contribution in [0, 0.1) is 3.57 Å². The quantitative estimate of drug-likeness (QED) is 0.684. The largest absolute Gasteiger partial charge is 0.336 e. The van der Waals surface area contributed by atoms with Crippen molar-refractivity contribution in [2.45, 2.75) is 6.92 Å². The van der Waals surface area contributed by atoms with E-state index in [1.807, 2.05) is 23.1 Å². The zero-order chi connectivity index (χ0) is 13.1. The molecule has 0 aromatic heterocycles. The Morgan fingerprint density at radius 3 is 2.61 bits per heavy atom. The van der Waals surface area contributed by atoms with Crippen LogP contribution in [0.3, 0.4) is 0 Å². The Balaban J connectivity index is 2.10. The molecule has 2 rings (SSSR count). The van der Waals surface area contributed by atoms with Gasteiger partial charge in [-0.15, -0.1) is 0 Å². The highest BCUT2D eigenvalue weighted by atomic mass is 127. The molecule has 5 heteroatoms. The molecule has 1 aromatic rings. The highest BCUT2D eigenvalue weighted by Gasteiger charge is 2.23. The normalized spacial score (nSPS) is 16.9. The fourth-order valence-electron chi connectivity index (χ4n) is 2.11.